The van der Waals surface area contributed by atoms with Crippen molar-refractivity contribution >= 4 is 0 Å². The fourth-order valence-corrected chi connectivity index (χ4v) is 3.83. The number of halogens is 1. The lowest BCUT2D eigenvalue weighted by Gasteiger charge is -2.37. The summed E-state index contributed by atoms with van der Waals surface area (Å²) in [7, 11) is 3.25. The molecule has 1 aliphatic heterocycles. The third-order valence-corrected chi connectivity index (χ3v) is 5.73. The molecule has 31 heavy (non-hydrogen) atoms. The Bertz CT molecular complexity index is 1000. The van der Waals surface area contributed by atoms with Gasteiger partial charge in [0.15, 0.2) is 0 Å². The molecule has 4 rings (SSSR count). The number of ether oxygens (including phenoxy) is 2. The molecule has 164 valence electrons. The van der Waals surface area contributed by atoms with E-state index in [9.17, 15) is 4.39 Å². The maximum absolute atomic E-state index is 13.6. The Morgan fingerprint density at radius 2 is 1.74 bits per heavy atom. The van der Waals surface area contributed by atoms with Gasteiger partial charge in [0.05, 0.1) is 20.3 Å². The molecule has 0 unspecified atom stereocenters. The standard InChI is InChI=1S/C23H27FN4O3/c1-16(22-25-26-23(31-22)17-4-7-20(29-2)8-5-17)28-12-10-27(11-13-28)15-18-14-19(24)6-9-21(18)30-3/h4-9,14,16H,10-13,15H2,1-3H3/t16-/m0/s1. The molecule has 1 aromatic heterocycles. The van der Waals surface area contributed by atoms with Gasteiger partial charge in [-0.2, -0.15) is 0 Å². The summed E-state index contributed by atoms with van der Waals surface area (Å²) in [5.74, 6) is 2.36. The lowest BCUT2D eigenvalue weighted by molar-refractivity contribution is 0.0871. The van der Waals surface area contributed by atoms with Crippen molar-refractivity contribution in [3.05, 3.63) is 59.7 Å². The minimum absolute atomic E-state index is 0.0188. The third kappa shape index (κ3) is 4.86. The number of nitrogens with zero attached hydrogens (tertiary/aromatic N) is 4. The van der Waals surface area contributed by atoms with Crippen molar-refractivity contribution in [2.24, 2.45) is 0 Å². The van der Waals surface area contributed by atoms with Crippen molar-refractivity contribution in [1.29, 1.82) is 0 Å². The molecule has 8 heteroatoms. The molecular formula is C23H27FN4O3. The highest BCUT2D eigenvalue weighted by atomic mass is 19.1. The van der Waals surface area contributed by atoms with Gasteiger partial charge in [-0.25, -0.2) is 4.39 Å². The van der Waals surface area contributed by atoms with Gasteiger partial charge in [0.1, 0.15) is 17.3 Å². The normalized spacial score (nSPS) is 16.3. The fraction of sp³-hybridized carbons (Fsp3) is 0.391. The second-order valence-electron chi connectivity index (χ2n) is 7.62. The van der Waals surface area contributed by atoms with Gasteiger partial charge in [0.2, 0.25) is 11.8 Å². The van der Waals surface area contributed by atoms with Crippen molar-refractivity contribution in [3.8, 4) is 23.0 Å². The molecule has 0 bridgehead atoms. The monoisotopic (exact) mass is 426 g/mol. The molecule has 1 fully saturated rings. The van der Waals surface area contributed by atoms with Crippen LogP contribution in [-0.2, 0) is 6.54 Å². The van der Waals surface area contributed by atoms with Crippen LogP contribution < -0.4 is 9.47 Å². The van der Waals surface area contributed by atoms with Crippen molar-refractivity contribution in [3.63, 3.8) is 0 Å². The Hall–Kier alpha value is -2.97. The van der Waals surface area contributed by atoms with Crippen LogP contribution in [0.1, 0.15) is 24.4 Å². The highest BCUT2D eigenvalue weighted by molar-refractivity contribution is 5.54. The van der Waals surface area contributed by atoms with Crippen molar-refractivity contribution in [2.75, 3.05) is 40.4 Å². The number of hydrogen-bond acceptors (Lipinski definition) is 7. The van der Waals surface area contributed by atoms with Gasteiger partial charge in [0.25, 0.3) is 0 Å². The molecular weight excluding hydrogens is 399 g/mol. The quantitative estimate of drug-likeness (QED) is 0.570. The molecule has 1 saturated heterocycles. The zero-order chi connectivity index (χ0) is 21.8. The fourth-order valence-electron chi connectivity index (χ4n) is 3.83. The first kappa shape index (κ1) is 21.3. The van der Waals surface area contributed by atoms with E-state index in [0.29, 0.717) is 24.1 Å². The van der Waals surface area contributed by atoms with Crippen LogP contribution >= 0.6 is 0 Å². The largest absolute Gasteiger partial charge is 0.497 e. The van der Waals surface area contributed by atoms with E-state index >= 15 is 0 Å². The summed E-state index contributed by atoms with van der Waals surface area (Å²) in [6.07, 6.45) is 0. The topological polar surface area (TPSA) is 63.9 Å². The molecule has 2 heterocycles. The highest BCUT2D eigenvalue weighted by Crippen LogP contribution is 2.27. The van der Waals surface area contributed by atoms with Gasteiger partial charge >= 0.3 is 0 Å². The Kier molecular flexibility index (Phi) is 6.48. The van der Waals surface area contributed by atoms with E-state index < -0.39 is 0 Å². The van der Waals surface area contributed by atoms with Crippen LogP contribution in [0.25, 0.3) is 11.5 Å². The van der Waals surface area contributed by atoms with Crippen LogP contribution in [0.15, 0.2) is 46.9 Å². The number of rotatable bonds is 7. The molecule has 7 nitrogen and oxygen atoms in total. The summed E-state index contributed by atoms with van der Waals surface area (Å²) in [5, 5.41) is 8.48. The SMILES string of the molecule is COc1ccc(-c2nnc([C@H](C)N3CCN(Cc4cc(F)ccc4OC)CC3)o2)cc1. The zero-order valence-corrected chi connectivity index (χ0v) is 18.0. The van der Waals surface area contributed by atoms with Crippen LogP contribution in [0.2, 0.25) is 0 Å². The minimum atomic E-state index is -0.243. The summed E-state index contributed by atoms with van der Waals surface area (Å²) >= 11 is 0. The zero-order valence-electron chi connectivity index (χ0n) is 18.0. The second-order valence-corrected chi connectivity index (χ2v) is 7.62. The molecule has 3 aromatic rings. The lowest BCUT2D eigenvalue weighted by Crippen LogP contribution is -2.46. The van der Waals surface area contributed by atoms with E-state index in [0.717, 1.165) is 43.1 Å². The van der Waals surface area contributed by atoms with E-state index in [1.54, 1.807) is 26.4 Å². The lowest BCUT2D eigenvalue weighted by atomic mass is 10.1. The van der Waals surface area contributed by atoms with Gasteiger partial charge < -0.3 is 13.9 Å². The Morgan fingerprint density at radius 3 is 2.42 bits per heavy atom. The van der Waals surface area contributed by atoms with Gasteiger partial charge in [0, 0.05) is 43.9 Å². The van der Waals surface area contributed by atoms with Crippen LogP contribution in [0.4, 0.5) is 4.39 Å². The highest BCUT2D eigenvalue weighted by Gasteiger charge is 2.26. The molecule has 0 aliphatic carbocycles. The van der Waals surface area contributed by atoms with Gasteiger partial charge in [-0.3, -0.25) is 9.80 Å². The Balaban J connectivity index is 1.36. The average molecular weight is 426 g/mol. The summed E-state index contributed by atoms with van der Waals surface area (Å²) in [5.41, 5.74) is 1.73. The van der Waals surface area contributed by atoms with Crippen LogP contribution in [0.3, 0.4) is 0 Å². The van der Waals surface area contributed by atoms with E-state index in [1.807, 2.05) is 24.3 Å². The Labute approximate surface area is 181 Å². The smallest absolute Gasteiger partial charge is 0.247 e. The first-order valence-corrected chi connectivity index (χ1v) is 10.3. The Morgan fingerprint density at radius 1 is 1.00 bits per heavy atom. The van der Waals surface area contributed by atoms with Gasteiger partial charge in [-0.05, 0) is 49.4 Å². The summed E-state index contributed by atoms with van der Waals surface area (Å²) in [6.45, 7) is 6.19. The number of hydrogen-bond donors (Lipinski definition) is 0. The third-order valence-electron chi connectivity index (χ3n) is 5.73. The van der Waals surface area contributed by atoms with E-state index in [2.05, 4.69) is 26.9 Å². The number of aromatic nitrogens is 2. The second kappa shape index (κ2) is 9.45. The van der Waals surface area contributed by atoms with E-state index in [-0.39, 0.29) is 11.9 Å². The number of methoxy groups -OCH3 is 2. The van der Waals surface area contributed by atoms with Crippen LogP contribution in [-0.4, -0.2) is 60.4 Å². The van der Waals surface area contributed by atoms with Gasteiger partial charge in [-0.1, -0.05) is 0 Å². The van der Waals surface area contributed by atoms with Crippen LogP contribution in [0, 0.1) is 5.82 Å². The van der Waals surface area contributed by atoms with Gasteiger partial charge in [-0.15, -0.1) is 10.2 Å². The van der Waals surface area contributed by atoms with Crippen molar-refractivity contribution in [1.82, 2.24) is 20.0 Å². The molecule has 0 radical (unpaired) electrons. The molecule has 1 aliphatic rings. The predicted octanol–water partition coefficient (Wildman–Crippen LogP) is 3.77. The van der Waals surface area contributed by atoms with E-state index in [1.165, 1.54) is 6.07 Å². The summed E-state index contributed by atoms with van der Waals surface area (Å²) in [4.78, 5) is 4.63. The first-order valence-electron chi connectivity index (χ1n) is 10.3. The molecule has 2 aromatic carbocycles. The predicted molar refractivity (Wildman–Crippen MR) is 115 cm³/mol. The first-order chi connectivity index (χ1) is 15.1. The molecule has 1 atom stereocenters. The van der Waals surface area contributed by atoms with Crippen LogP contribution in [0.5, 0.6) is 11.5 Å². The molecule has 0 amide bonds. The number of benzene rings is 2. The maximum atomic E-state index is 13.6. The maximum Gasteiger partial charge on any atom is 0.247 e. The summed E-state index contributed by atoms with van der Waals surface area (Å²) < 4.78 is 30.2. The molecule has 0 spiro atoms. The number of piperazine rings is 1. The summed E-state index contributed by atoms with van der Waals surface area (Å²) in [6, 6.07) is 12.2. The molecule has 0 N–H and O–H groups in total. The van der Waals surface area contributed by atoms with Crippen molar-refractivity contribution < 1.29 is 18.3 Å². The van der Waals surface area contributed by atoms with Crippen molar-refractivity contribution in [2.45, 2.75) is 19.5 Å². The molecule has 0 saturated carbocycles. The minimum Gasteiger partial charge on any atom is -0.497 e. The average Bonchev–Trinajstić information content (AvgIpc) is 3.30. The van der Waals surface area contributed by atoms with E-state index in [4.69, 9.17) is 13.9 Å².